The first kappa shape index (κ1) is 13.7. The van der Waals surface area contributed by atoms with Crippen molar-refractivity contribution in [3.05, 3.63) is 35.9 Å². The molecule has 0 bridgehead atoms. The molecule has 0 heterocycles. The van der Waals surface area contributed by atoms with Crippen LogP contribution in [0.1, 0.15) is 12.0 Å². The van der Waals surface area contributed by atoms with Gasteiger partial charge in [-0.25, -0.2) is 0 Å². The molecule has 17 heavy (non-hydrogen) atoms. The summed E-state index contributed by atoms with van der Waals surface area (Å²) in [7, 11) is 1.58. The highest BCUT2D eigenvalue weighted by atomic mass is 16.5. The molecule has 0 unspecified atom stereocenters. The fourth-order valence-electron chi connectivity index (χ4n) is 1.46. The molecular weight excluding hydrogens is 218 g/mol. The molecule has 0 aliphatic carbocycles. The monoisotopic (exact) mass is 237 g/mol. The summed E-state index contributed by atoms with van der Waals surface area (Å²) in [4.78, 5) is 11.1. The van der Waals surface area contributed by atoms with Crippen molar-refractivity contribution in [2.24, 2.45) is 5.92 Å². The number of carbonyl (C=O) groups excluding carboxylic acids is 1. The number of aliphatic hydroxyl groups is 1. The van der Waals surface area contributed by atoms with E-state index in [1.807, 2.05) is 30.3 Å². The van der Waals surface area contributed by atoms with Crippen molar-refractivity contribution in [2.75, 3.05) is 20.3 Å². The summed E-state index contributed by atoms with van der Waals surface area (Å²) < 4.78 is 5.48. The Bertz CT molecular complexity index is 327. The Morgan fingerprint density at radius 3 is 2.71 bits per heavy atom. The first-order valence-corrected chi connectivity index (χ1v) is 5.69. The molecule has 94 valence electrons. The zero-order chi connectivity index (χ0) is 12.5. The number of benzene rings is 1. The van der Waals surface area contributed by atoms with Crippen LogP contribution in [0, 0.1) is 5.92 Å². The summed E-state index contributed by atoms with van der Waals surface area (Å²) in [5.74, 6) is -0.217. The van der Waals surface area contributed by atoms with Gasteiger partial charge in [-0.1, -0.05) is 30.3 Å². The fourth-order valence-corrected chi connectivity index (χ4v) is 1.46. The van der Waals surface area contributed by atoms with Crippen molar-refractivity contribution in [3.63, 3.8) is 0 Å². The molecule has 0 aromatic heterocycles. The lowest BCUT2D eigenvalue weighted by atomic mass is 10.1. The molecule has 1 atom stereocenters. The number of carbonyl (C=O) groups is 1. The molecule has 4 heteroatoms. The van der Waals surface area contributed by atoms with Crippen LogP contribution in [0.5, 0.6) is 0 Å². The zero-order valence-corrected chi connectivity index (χ0v) is 10.1. The molecular formula is C13H19NO3. The van der Waals surface area contributed by atoms with E-state index in [4.69, 9.17) is 9.84 Å². The van der Waals surface area contributed by atoms with E-state index in [1.165, 1.54) is 0 Å². The highest BCUT2D eigenvalue weighted by molar-refractivity contribution is 5.75. The summed E-state index contributed by atoms with van der Waals surface area (Å²) in [6.45, 7) is 0.853. The van der Waals surface area contributed by atoms with E-state index in [0.717, 1.165) is 5.56 Å². The third-order valence-corrected chi connectivity index (χ3v) is 2.48. The van der Waals surface area contributed by atoms with E-state index in [2.05, 4.69) is 5.32 Å². The molecule has 1 aromatic carbocycles. The maximum absolute atomic E-state index is 11.1. The maximum atomic E-state index is 11.1. The highest BCUT2D eigenvalue weighted by Crippen LogP contribution is 2.06. The topological polar surface area (TPSA) is 58.6 Å². The predicted octanol–water partition coefficient (Wildman–Crippen LogP) is 0.948. The average molecular weight is 237 g/mol. The second-order valence-corrected chi connectivity index (χ2v) is 3.93. The Morgan fingerprint density at radius 1 is 1.41 bits per heavy atom. The molecule has 0 saturated heterocycles. The van der Waals surface area contributed by atoms with Crippen molar-refractivity contribution in [2.45, 2.75) is 13.0 Å². The van der Waals surface area contributed by atoms with Crippen LogP contribution < -0.4 is 5.32 Å². The first-order valence-electron chi connectivity index (χ1n) is 5.69. The van der Waals surface area contributed by atoms with E-state index < -0.39 is 0 Å². The Labute approximate surface area is 102 Å². The lowest BCUT2D eigenvalue weighted by Gasteiger charge is -2.13. The molecule has 0 aliphatic heterocycles. The maximum Gasteiger partial charge on any atom is 0.220 e. The van der Waals surface area contributed by atoms with Gasteiger partial charge in [0.1, 0.15) is 0 Å². The Balaban J connectivity index is 2.26. The third kappa shape index (κ3) is 5.47. The minimum absolute atomic E-state index is 0.0395. The van der Waals surface area contributed by atoms with Gasteiger partial charge in [-0.2, -0.15) is 0 Å². The van der Waals surface area contributed by atoms with E-state index in [-0.39, 0.29) is 18.4 Å². The van der Waals surface area contributed by atoms with Gasteiger partial charge < -0.3 is 15.2 Å². The van der Waals surface area contributed by atoms with Crippen molar-refractivity contribution in [3.8, 4) is 0 Å². The van der Waals surface area contributed by atoms with Crippen LogP contribution in [0.15, 0.2) is 30.3 Å². The number of aliphatic hydroxyl groups excluding tert-OH is 1. The molecule has 1 rings (SSSR count). The smallest absolute Gasteiger partial charge is 0.220 e. The molecule has 1 aromatic rings. The van der Waals surface area contributed by atoms with E-state index in [0.29, 0.717) is 19.6 Å². The summed E-state index contributed by atoms with van der Waals surface area (Å²) in [5.41, 5.74) is 1.09. The van der Waals surface area contributed by atoms with Crippen molar-refractivity contribution < 1.29 is 14.6 Å². The van der Waals surface area contributed by atoms with Gasteiger partial charge in [0.25, 0.3) is 0 Å². The minimum atomic E-state index is -0.140. The number of rotatable bonds is 7. The van der Waals surface area contributed by atoms with E-state index in [1.54, 1.807) is 7.05 Å². The van der Waals surface area contributed by atoms with Crippen molar-refractivity contribution in [1.29, 1.82) is 0 Å². The van der Waals surface area contributed by atoms with Gasteiger partial charge in [-0.15, -0.1) is 0 Å². The van der Waals surface area contributed by atoms with Crippen LogP contribution in [0.3, 0.4) is 0 Å². The summed E-state index contributed by atoms with van der Waals surface area (Å²) in [5, 5.41) is 11.6. The van der Waals surface area contributed by atoms with Gasteiger partial charge in [0, 0.05) is 26.0 Å². The normalized spacial score (nSPS) is 12.1. The molecule has 1 amide bonds. The lowest BCUT2D eigenvalue weighted by Crippen LogP contribution is -2.25. The van der Waals surface area contributed by atoms with E-state index in [9.17, 15) is 4.79 Å². The summed E-state index contributed by atoms with van der Waals surface area (Å²) in [6.07, 6.45) is 0.293. The number of hydrogen-bond acceptors (Lipinski definition) is 3. The molecule has 0 aliphatic rings. The van der Waals surface area contributed by atoms with Crippen LogP contribution in [-0.4, -0.2) is 31.3 Å². The highest BCUT2D eigenvalue weighted by Gasteiger charge is 2.12. The largest absolute Gasteiger partial charge is 0.396 e. The third-order valence-electron chi connectivity index (χ3n) is 2.48. The molecule has 0 saturated carbocycles. The van der Waals surface area contributed by atoms with Gasteiger partial charge in [-0.05, 0) is 5.56 Å². The molecule has 0 spiro atoms. The van der Waals surface area contributed by atoms with Gasteiger partial charge in [-0.3, -0.25) is 4.79 Å². The van der Waals surface area contributed by atoms with Crippen LogP contribution in [0.4, 0.5) is 0 Å². The first-order chi connectivity index (χ1) is 8.26. The van der Waals surface area contributed by atoms with Gasteiger partial charge in [0.15, 0.2) is 0 Å². The Kier molecular flexibility index (Phi) is 6.29. The number of hydrogen-bond donors (Lipinski definition) is 2. The predicted molar refractivity (Wildman–Crippen MR) is 65.4 cm³/mol. The quantitative estimate of drug-likeness (QED) is 0.742. The van der Waals surface area contributed by atoms with Gasteiger partial charge >= 0.3 is 0 Å². The van der Waals surface area contributed by atoms with Crippen molar-refractivity contribution in [1.82, 2.24) is 5.32 Å². The number of nitrogens with one attached hydrogen (secondary N) is 1. The van der Waals surface area contributed by atoms with Gasteiger partial charge in [0.05, 0.1) is 13.2 Å². The number of ether oxygens (including phenoxy) is 1. The Morgan fingerprint density at radius 2 is 2.12 bits per heavy atom. The second-order valence-electron chi connectivity index (χ2n) is 3.93. The fraction of sp³-hybridized carbons (Fsp3) is 0.462. The second kappa shape index (κ2) is 7.81. The zero-order valence-electron chi connectivity index (χ0n) is 10.1. The molecule has 0 radical (unpaired) electrons. The molecule has 4 nitrogen and oxygen atoms in total. The summed E-state index contributed by atoms with van der Waals surface area (Å²) in [6, 6.07) is 9.81. The van der Waals surface area contributed by atoms with E-state index >= 15 is 0 Å². The molecule has 2 N–H and O–H groups in total. The Hall–Kier alpha value is -1.39. The van der Waals surface area contributed by atoms with Gasteiger partial charge in [0.2, 0.25) is 5.91 Å². The number of amides is 1. The summed E-state index contributed by atoms with van der Waals surface area (Å²) >= 11 is 0. The van der Waals surface area contributed by atoms with Crippen molar-refractivity contribution >= 4 is 5.91 Å². The van der Waals surface area contributed by atoms with Crippen LogP contribution in [0.25, 0.3) is 0 Å². The van der Waals surface area contributed by atoms with Crippen LogP contribution >= 0.6 is 0 Å². The van der Waals surface area contributed by atoms with Crippen LogP contribution in [-0.2, 0) is 16.1 Å². The SMILES string of the molecule is CNC(=O)C[C@@H](CO)COCc1ccccc1. The molecule has 0 fully saturated rings. The lowest BCUT2D eigenvalue weighted by molar-refractivity contribution is -0.122. The average Bonchev–Trinajstić information content (AvgIpc) is 2.38. The minimum Gasteiger partial charge on any atom is -0.396 e. The standard InChI is InChI=1S/C13H19NO3/c1-14-13(16)7-12(8-15)10-17-9-11-5-3-2-4-6-11/h2-6,12,15H,7-10H2,1H3,(H,14,16)/t12-/m0/s1. The van der Waals surface area contributed by atoms with Crippen LogP contribution in [0.2, 0.25) is 0 Å².